The van der Waals surface area contributed by atoms with E-state index in [0.29, 0.717) is 38.5 Å². The molecule has 0 saturated heterocycles. The molecule has 0 fully saturated rings. The number of rotatable bonds is 0. The molecule has 0 spiro atoms. The van der Waals surface area contributed by atoms with Crippen LogP contribution in [-0.2, 0) is 28.4 Å². The molecular weight excluding hydrogens is 624 g/mol. The Bertz CT molecular complexity index is 1250. The highest BCUT2D eigenvalue weighted by atomic mass is 16.6. The molecule has 48 heavy (non-hydrogen) atoms. The summed E-state index contributed by atoms with van der Waals surface area (Å²) in [6.07, 6.45) is 2.77. The minimum atomic E-state index is -0.554. The monoisotopic (exact) mass is 660 g/mol. The third-order valence-electron chi connectivity index (χ3n) is 7.08. The van der Waals surface area contributed by atoms with E-state index >= 15 is 0 Å². The van der Waals surface area contributed by atoms with Crippen LogP contribution >= 0.6 is 0 Å². The maximum atomic E-state index is 12.3. The Hall–Kier alpha value is -5.52. The van der Waals surface area contributed by atoms with Crippen molar-refractivity contribution in [3.05, 3.63) is 106 Å². The first-order valence-electron chi connectivity index (χ1n) is 15.6. The molecule has 252 valence electrons. The summed E-state index contributed by atoms with van der Waals surface area (Å²) >= 11 is 0. The van der Waals surface area contributed by atoms with Crippen molar-refractivity contribution in [2.24, 2.45) is 0 Å². The van der Waals surface area contributed by atoms with Crippen LogP contribution in [0.3, 0.4) is 0 Å². The number of benzene rings is 3. The molecule has 6 bridgehead atoms. The number of ether oxygens (including phenoxy) is 6. The Morgan fingerprint density at radius 2 is 0.375 bits per heavy atom. The fourth-order valence-electron chi connectivity index (χ4n) is 4.33. The molecule has 4 aliphatic heterocycles. The van der Waals surface area contributed by atoms with Gasteiger partial charge in [0.25, 0.3) is 0 Å². The minimum Gasteiger partial charge on any atom is -0.462 e. The maximum Gasteiger partial charge on any atom is 0.338 e. The second-order valence-corrected chi connectivity index (χ2v) is 10.7. The SMILES string of the molecule is O=C1OCCCCOC(=O)c2ccc(cc2)C(=O)OCCCCOC(=O)c2ccc(cc2)C(=O)OCCCCOC(=O)c2ccc1cc2. The second kappa shape index (κ2) is 18.6. The van der Waals surface area contributed by atoms with Crippen LogP contribution in [0.4, 0.5) is 0 Å². The first kappa shape index (κ1) is 35.3. The van der Waals surface area contributed by atoms with Crippen LogP contribution in [0.25, 0.3) is 0 Å². The zero-order chi connectivity index (χ0) is 34.1. The molecule has 4 heterocycles. The van der Waals surface area contributed by atoms with Gasteiger partial charge in [-0.1, -0.05) is 0 Å². The third-order valence-corrected chi connectivity index (χ3v) is 7.08. The van der Waals surface area contributed by atoms with Crippen molar-refractivity contribution in [1.82, 2.24) is 0 Å². The zero-order valence-corrected chi connectivity index (χ0v) is 26.3. The van der Waals surface area contributed by atoms with Crippen molar-refractivity contribution < 1.29 is 57.2 Å². The van der Waals surface area contributed by atoms with E-state index in [0.717, 1.165) is 0 Å². The molecule has 7 rings (SSSR count). The number of hydrogen-bond donors (Lipinski definition) is 0. The highest BCUT2D eigenvalue weighted by molar-refractivity contribution is 5.95. The standard InChI is InChI=1S/C36H36O12/c37-31-25-7-9-27(10-8-25)33(39)45-21-3-4-23-47-35(41)29-15-17-30(18-16-29)36(42)48-24-6-5-22-46-34(40)28-13-11-26(12-14-28)32(38)44-20-2-1-19-43-31/h7-18H,1-6,19-24H2. The summed E-state index contributed by atoms with van der Waals surface area (Å²) in [4.78, 5) is 74.1. The van der Waals surface area contributed by atoms with E-state index in [1.165, 1.54) is 72.8 Å². The molecule has 0 aliphatic carbocycles. The van der Waals surface area contributed by atoms with Gasteiger partial charge in [0.15, 0.2) is 0 Å². The molecule has 0 radical (unpaired) electrons. The average Bonchev–Trinajstić information content (AvgIpc) is 3.11. The molecule has 0 unspecified atom stereocenters. The van der Waals surface area contributed by atoms with Gasteiger partial charge in [-0.05, 0) is 111 Å². The van der Waals surface area contributed by atoms with Crippen LogP contribution in [0.1, 0.15) is 101 Å². The lowest BCUT2D eigenvalue weighted by Gasteiger charge is -2.09. The molecule has 0 aromatic heterocycles. The van der Waals surface area contributed by atoms with E-state index < -0.39 is 35.8 Å². The fourth-order valence-corrected chi connectivity index (χ4v) is 4.33. The maximum absolute atomic E-state index is 12.3. The predicted molar refractivity (Wildman–Crippen MR) is 169 cm³/mol. The summed E-state index contributed by atoms with van der Waals surface area (Å²) in [5.74, 6) is -3.32. The molecule has 4 aliphatic rings. The Labute approximate surface area is 277 Å². The molecule has 3 aromatic rings. The lowest BCUT2D eigenvalue weighted by Crippen LogP contribution is -2.12. The number of esters is 6. The van der Waals surface area contributed by atoms with E-state index in [9.17, 15) is 28.8 Å². The van der Waals surface area contributed by atoms with Crippen molar-refractivity contribution in [2.45, 2.75) is 38.5 Å². The van der Waals surface area contributed by atoms with Crippen molar-refractivity contribution in [2.75, 3.05) is 39.6 Å². The summed E-state index contributed by atoms with van der Waals surface area (Å²) in [6, 6.07) is 17.6. The largest absolute Gasteiger partial charge is 0.462 e. The lowest BCUT2D eigenvalue weighted by molar-refractivity contribution is 0.0427. The summed E-state index contributed by atoms with van der Waals surface area (Å²) in [5, 5.41) is 0. The van der Waals surface area contributed by atoms with Crippen LogP contribution in [0.2, 0.25) is 0 Å². The van der Waals surface area contributed by atoms with Gasteiger partial charge in [-0.3, -0.25) is 0 Å². The van der Waals surface area contributed by atoms with E-state index in [4.69, 9.17) is 28.4 Å². The van der Waals surface area contributed by atoms with Gasteiger partial charge in [0.1, 0.15) is 0 Å². The van der Waals surface area contributed by atoms with Crippen molar-refractivity contribution in [3.63, 3.8) is 0 Å². The number of fused-ring (bicyclic) bond motifs is 3. The van der Waals surface area contributed by atoms with Gasteiger partial charge < -0.3 is 28.4 Å². The quantitative estimate of drug-likeness (QED) is 0.224. The van der Waals surface area contributed by atoms with Gasteiger partial charge in [-0.15, -0.1) is 0 Å². The van der Waals surface area contributed by atoms with Crippen LogP contribution in [0.5, 0.6) is 0 Å². The summed E-state index contributed by atoms with van der Waals surface area (Å²) in [6.45, 7) is 0.689. The molecule has 0 N–H and O–H groups in total. The summed E-state index contributed by atoms with van der Waals surface area (Å²) in [7, 11) is 0. The van der Waals surface area contributed by atoms with E-state index in [1.54, 1.807) is 0 Å². The summed E-state index contributed by atoms with van der Waals surface area (Å²) < 4.78 is 31.6. The van der Waals surface area contributed by atoms with Crippen LogP contribution in [0.15, 0.2) is 72.8 Å². The topological polar surface area (TPSA) is 158 Å². The van der Waals surface area contributed by atoms with Gasteiger partial charge in [-0.25, -0.2) is 28.8 Å². The van der Waals surface area contributed by atoms with Crippen LogP contribution < -0.4 is 0 Å². The van der Waals surface area contributed by atoms with Crippen LogP contribution in [-0.4, -0.2) is 75.5 Å². The Morgan fingerprint density at radius 3 is 0.500 bits per heavy atom. The number of carbonyl (C=O) groups excluding carboxylic acids is 6. The average molecular weight is 661 g/mol. The van der Waals surface area contributed by atoms with Crippen molar-refractivity contribution >= 4 is 35.8 Å². The molecule has 12 nitrogen and oxygen atoms in total. The predicted octanol–water partition coefficient (Wildman–Crippen LogP) is 5.38. The van der Waals surface area contributed by atoms with Gasteiger partial charge in [0, 0.05) is 0 Å². The Balaban J connectivity index is 1.31. The molecule has 3 aromatic carbocycles. The number of hydrogen-bond acceptors (Lipinski definition) is 12. The second-order valence-electron chi connectivity index (χ2n) is 10.7. The van der Waals surface area contributed by atoms with E-state index in [1.807, 2.05) is 0 Å². The summed E-state index contributed by atoms with van der Waals surface area (Å²) in [5.41, 5.74) is 1.61. The van der Waals surface area contributed by atoms with Gasteiger partial charge in [-0.2, -0.15) is 0 Å². The van der Waals surface area contributed by atoms with E-state index in [-0.39, 0.29) is 73.0 Å². The van der Waals surface area contributed by atoms with E-state index in [2.05, 4.69) is 0 Å². The normalized spacial score (nSPS) is 17.0. The van der Waals surface area contributed by atoms with Gasteiger partial charge >= 0.3 is 35.8 Å². The van der Waals surface area contributed by atoms with Gasteiger partial charge in [0.2, 0.25) is 0 Å². The first-order chi connectivity index (χ1) is 23.3. The Morgan fingerprint density at radius 1 is 0.250 bits per heavy atom. The van der Waals surface area contributed by atoms with Crippen molar-refractivity contribution in [3.8, 4) is 0 Å². The number of carbonyl (C=O) groups is 6. The molecule has 0 saturated carbocycles. The van der Waals surface area contributed by atoms with Crippen LogP contribution in [0, 0.1) is 0 Å². The molecule has 0 atom stereocenters. The third kappa shape index (κ3) is 11.1. The highest BCUT2D eigenvalue weighted by Gasteiger charge is 2.14. The smallest absolute Gasteiger partial charge is 0.338 e. The first-order valence-corrected chi connectivity index (χ1v) is 15.6. The Kier molecular flexibility index (Phi) is 13.7. The fraction of sp³-hybridized carbons (Fsp3) is 0.333. The van der Waals surface area contributed by atoms with Gasteiger partial charge in [0.05, 0.1) is 73.0 Å². The molecular formula is C36H36O12. The zero-order valence-electron chi connectivity index (χ0n) is 26.3. The highest BCUT2D eigenvalue weighted by Crippen LogP contribution is 2.12. The molecule has 12 heteroatoms. The lowest BCUT2D eigenvalue weighted by atomic mass is 10.1. The van der Waals surface area contributed by atoms with Crippen molar-refractivity contribution in [1.29, 1.82) is 0 Å². The molecule has 0 amide bonds. The minimum absolute atomic E-state index is 0.115.